The summed E-state index contributed by atoms with van der Waals surface area (Å²) in [4.78, 5) is 13.6. The van der Waals surface area contributed by atoms with Gasteiger partial charge < -0.3 is 15.0 Å². The average Bonchev–Trinajstić information content (AvgIpc) is 2.53. The molecule has 2 rings (SSSR count). The number of carbonyl (C=O) groups excluding carboxylic acids is 1. The first kappa shape index (κ1) is 16.2. The first-order valence-corrected chi connectivity index (χ1v) is 7.44. The van der Waals surface area contributed by atoms with Gasteiger partial charge in [-0.25, -0.2) is 4.79 Å². The van der Waals surface area contributed by atoms with E-state index in [1.54, 1.807) is 18.0 Å². The number of benzene rings is 2. The van der Waals surface area contributed by atoms with Crippen LogP contribution in [0.5, 0.6) is 5.75 Å². The first-order chi connectivity index (χ1) is 10.6. The Hall–Kier alpha value is -2.20. The number of hydrogen-bond acceptors (Lipinski definition) is 2. The quantitative estimate of drug-likeness (QED) is 0.884. The molecule has 0 unspecified atom stereocenters. The number of carbonyl (C=O) groups is 1. The second-order valence-corrected chi connectivity index (χ2v) is 5.31. The van der Waals surface area contributed by atoms with E-state index in [2.05, 4.69) is 5.32 Å². The summed E-state index contributed by atoms with van der Waals surface area (Å²) in [6, 6.07) is 16.8. The standard InChI is InChI=1S/C17H19ClN2O2/c1-20(10-11-22-16-8-3-2-4-9-16)17(21)19-13-14-6-5-7-15(18)12-14/h2-9,12H,10-11,13H2,1H3,(H,19,21). The minimum Gasteiger partial charge on any atom is -0.492 e. The molecule has 2 aromatic rings. The lowest BCUT2D eigenvalue weighted by Gasteiger charge is -2.18. The molecule has 0 fully saturated rings. The number of nitrogens with zero attached hydrogens (tertiary/aromatic N) is 1. The minimum atomic E-state index is -0.142. The van der Waals surface area contributed by atoms with Gasteiger partial charge in [0.1, 0.15) is 12.4 Å². The SMILES string of the molecule is CN(CCOc1ccccc1)C(=O)NCc1cccc(Cl)c1. The largest absolute Gasteiger partial charge is 0.492 e. The fourth-order valence-corrected chi connectivity index (χ4v) is 2.09. The summed E-state index contributed by atoms with van der Waals surface area (Å²) in [5.41, 5.74) is 0.967. The zero-order chi connectivity index (χ0) is 15.8. The molecule has 2 amide bonds. The Morgan fingerprint density at radius 1 is 1.18 bits per heavy atom. The zero-order valence-electron chi connectivity index (χ0n) is 12.5. The Bertz CT molecular complexity index is 605. The third kappa shape index (κ3) is 5.30. The Labute approximate surface area is 135 Å². The zero-order valence-corrected chi connectivity index (χ0v) is 13.2. The van der Waals surface area contributed by atoms with Gasteiger partial charge in [-0.15, -0.1) is 0 Å². The molecule has 0 aromatic heterocycles. The smallest absolute Gasteiger partial charge is 0.317 e. The molecule has 22 heavy (non-hydrogen) atoms. The Balaban J connectivity index is 1.70. The molecule has 0 spiro atoms. The summed E-state index contributed by atoms with van der Waals surface area (Å²) in [7, 11) is 1.74. The van der Waals surface area contributed by atoms with Crippen molar-refractivity contribution < 1.29 is 9.53 Å². The molecule has 0 aliphatic carbocycles. The molecule has 4 nitrogen and oxygen atoms in total. The molecule has 0 aliphatic heterocycles. The lowest BCUT2D eigenvalue weighted by Crippen LogP contribution is -2.39. The van der Waals surface area contributed by atoms with Gasteiger partial charge in [0.05, 0.1) is 6.54 Å². The number of amides is 2. The van der Waals surface area contributed by atoms with E-state index in [1.807, 2.05) is 48.5 Å². The number of hydrogen-bond donors (Lipinski definition) is 1. The van der Waals surface area contributed by atoms with E-state index in [9.17, 15) is 4.79 Å². The maximum atomic E-state index is 12.0. The van der Waals surface area contributed by atoms with Crippen molar-refractivity contribution in [3.63, 3.8) is 0 Å². The maximum absolute atomic E-state index is 12.0. The average molecular weight is 319 g/mol. The van der Waals surface area contributed by atoms with E-state index in [1.165, 1.54) is 0 Å². The van der Waals surface area contributed by atoms with Gasteiger partial charge >= 0.3 is 6.03 Å². The first-order valence-electron chi connectivity index (χ1n) is 7.06. The van der Waals surface area contributed by atoms with Gasteiger partial charge in [-0.2, -0.15) is 0 Å². The molecule has 2 aromatic carbocycles. The lowest BCUT2D eigenvalue weighted by molar-refractivity contribution is 0.195. The van der Waals surface area contributed by atoms with Crippen LogP contribution in [0.3, 0.4) is 0 Å². The van der Waals surface area contributed by atoms with Gasteiger partial charge in [-0.05, 0) is 29.8 Å². The van der Waals surface area contributed by atoms with Gasteiger partial charge in [-0.1, -0.05) is 41.9 Å². The van der Waals surface area contributed by atoms with Gasteiger partial charge in [0.25, 0.3) is 0 Å². The van der Waals surface area contributed by atoms with Crippen LogP contribution in [0.2, 0.25) is 5.02 Å². The molecular weight excluding hydrogens is 300 g/mol. The summed E-state index contributed by atoms with van der Waals surface area (Å²) in [5, 5.41) is 3.51. The third-order valence-corrected chi connectivity index (χ3v) is 3.35. The number of para-hydroxylation sites is 1. The predicted molar refractivity (Wildman–Crippen MR) is 88.3 cm³/mol. The second-order valence-electron chi connectivity index (χ2n) is 4.87. The highest BCUT2D eigenvalue weighted by Gasteiger charge is 2.08. The summed E-state index contributed by atoms with van der Waals surface area (Å²) in [6.07, 6.45) is 0. The van der Waals surface area contributed by atoms with Crippen LogP contribution < -0.4 is 10.1 Å². The van der Waals surface area contributed by atoms with Crippen molar-refractivity contribution in [1.29, 1.82) is 0 Å². The van der Waals surface area contributed by atoms with Crippen LogP contribution >= 0.6 is 11.6 Å². The van der Waals surface area contributed by atoms with Crippen molar-refractivity contribution in [2.75, 3.05) is 20.2 Å². The fraction of sp³-hybridized carbons (Fsp3) is 0.235. The number of ether oxygens (including phenoxy) is 1. The molecule has 0 heterocycles. The highest BCUT2D eigenvalue weighted by Crippen LogP contribution is 2.10. The molecule has 0 radical (unpaired) electrons. The molecule has 5 heteroatoms. The van der Waals surface area contributed by atoms with Crippen molar-refractivity contribution in [2.45, 2.75) is 6.54 Å². The molecule has 0 saturated carbocycles. The summed E-state index contributed by atoms with van der Waals surface area (Å²) in [6.45, 7) is 1.41. The Morgan fingerprint density at radius 3 is 2.68 bits per heavy atom. The van der Waals surface area contributed by atoms with E-state index in [0.717, 1.165) is 11.3 Å². The molecule has 0 aliphatic rings. The summed E-state index contributed by atoms with van der Waals surface area (Å²) in [5.74, 6) is 0.801. The predicted octanol–water partition coefficient (Wildman–Crippen LogP) is 3.56. The monoisotopic (exact) mass is 318 g/mol. The number of nitrogens with one attached hydrogen (secondary N) is 1. The van der Waals surface area contributed by atoms with E-state index in [-0.39, 0.29) is 6.03 Å². The van der Waals surface area contributed by atoms with Crippen LogP contribution in [-0.4, -0.2) is 31.1 Å². The van der Waals surface area contributed by atoms with Crippen molar-refractivity contribution in [3.05, 3.63) is 65.2 Å². The fourth-order valence-electron chi connectivity index (χ4n) is 1.88. The minimum absolute atomic E-state index is 0.142. The van der Waals surface area contributed by atoms with E-state index in [4.69, 9.17) is 16.3 Å². The number of likely N-dealkylation sites (N-methyl/N-ethyl adjacent to an activating group) is 1. The highest BCUT2D eigenvalue weighted by molar-refractivity contribution is 6.30. The highest BCUT2D eigenvalue weighted by atomic mass is 35.5. The van der Waals surface area contributed by atoms with Crippen LogP contribution in [0, 0.1) is 0 Å². The van der Waals surface area contributed by atoms with Gasteiger partial charge in [0.15, 0.2) is 0 Å². The Kier molecular flexibility index (Phi) is 6.10. The molecule has 0 atom stereocenters. The van der Waals surface area contributed by atoms with Crippen LogP contribution in [0.4, 0.5) is 4.79 Å². The van der Waals surface area contributed by atoms with Crippen molar-refractivity contribution >= 4 is 17.6 Å². The van der Waals surface area contributed by atoms with E-state index >= 15 is 0 Å². The van der Waals surface area contributed by atoms with Crippen LogP contribution in [0.15, 0.2) is 54.6 Å². The van der Waals surface area contributed by atoms with Crippen LogP contribution in [0.1, 0.15) is 5.56 Å². The van der Waals surface area contributed by atoms with Crippen molar-refractivity contribution in [2.24, 2.45) is 0 Å². The normalized spacial score (nSPS) is 10.1. The number of rotatable bonds is 6. The maximum Gasteiger partial charge on any atom is 0.317 e. The van der Waals surface area contributed by atoms with Gasteiger partial charge in [0, 0.05) is 18.6 Å². The van der Waals surface area contributed by atoms with E-state index in [0.29, 0.717) is 24.7 Å². The molecule has 0 saturated heterocycles. The van der Waals surface area contributed by atoms with Crippen LogP contribution in [-0.2, 0) is 6.54 Å². The van der Waals surface area contributed by atoms with Crippen molar-refractivity contribution in [1.82, 2.24) is 10.2 Å². The molecule has 1 N–H and O–H groups in total. The molecular formula is C17H19ClN2O2. The Morgan fingerprint density at radius 2 is 1.95 bits per heavy atom. The number of halogens is 1. The van der Waals surface area contributed by atoms with Gasteiger partial charge in [-0.3, -0.25) is 0 Å². The lowest BCUT2D eigenvalue weighted by atomic mass is 10.2. The topological polar surface area (TPSA) is 41.6 Å². The summed E-state index contributed by atoms with van der Waals surface area (Å²) >= 11 is 5.91. The number of urea groups is 1. The summed E-state index contributed by atoms with van der Waals surface area (Å²) < 4.78 is 5.57. The molecule has 116 valence electrons. The second kappa shape index (κ2) is 8.29. The molecule has 0 bridgehead atoms. The van der Waals surface area contributed by atoms with E-state index < -0.39 is 0 Å². The third-order valence-electron chi connectivity index (χ3n) is 3.12. The van der Waals surface area contributed by atoms with Gasteiger partial charge in [0.2, 0.25) is 0 Å². The van der Waals surface area contributed by atoms with Crippen molar-refractivity contribution in [3.8, 4) is 5.75 Å². The van der Waals surface area contributed by atoms with Crippen LogP contribution in [0.25, 0.3) is 0 Å².